The molecule has 0 spiro atoms. The van der Waals surface area contributed by atoms with Crippen LogP contribution in [0.15, 0.2) is 12.1 Å². The topological polar surface area (TPSA) is 0 Å². The van der Waals surface area contributed by atoms with E-state index in [2.05, 4.69) is 19.1 Å². The van der Waals surface area contributed by atoms with E-state index in [-0.39, 0.29) is 0 Å². The molecular formula is C10H13ClS. The number of aryl methyl sites for hydroxylation is 1. The second-order valence-electron chi connectivity index (χ2n) is 3.40. The minimum atomic E-state index is 0.301. The lowest BCUT2D eigenvalue weighted by molar-refractivity contribution is 0.811. The van der Waals surface area contributed by atoms with E-state index in [1.165, 1.54) is 22.6 Å². The van der Waals surface area contributed by atoms with Crippen molar-refractivity contribution >= 4 is 22.9 Å². The molecule has 12 heavy (non-hydrogen) atoms. The predicted molar refractivity (Wildman–Crippen MR) is 55.0 cm³/mol. The summed E-state index contributed by atoms with van der Waals surface area (Å²) in [5.41, 5.74) is 0. The van der Waals surface area contributed by atoms with Gasteiger partial charge >= 0.3 is 0 Å². The van der Waals surface area contributed by atoms with Crippen LogP contribution in [-0.4, -0.2) is 0 Å². The molecule has 66 valence electrons. The van der Waals surface area contributed by atoms with Gasteiger partial charge in [0.15, 0.2) is 0 Å². The van der Waals surface area contributed by atoms with Crippen molar-refractivity contribution in [2.45, 2.75) is 31.6 Å². The molecular weight excluding hydrogens is 188 g/mol. The Hall–Kier alpha value is -0.0100. The molecule has 1 aliphatic rings. The van der Waals surface area contributed by atoms with E-state index >= 15 is 0 Å². The smallest absolute Gasteiger partial charge is 0.0706 e. The van der Waals surface area contributed by atoms with Gasteiger partial charge in [0.1, 0.15) is 0 Å². The zero-order valence-electron chi connectivity index (χ0n) is 7.22. The van der Waals surface area contributed by atoms with Crippen molar-refractivity contribution in [3.05, 3.63) is 21.9 Å². The molecule has 0 radical (unpaired) electrons. The average Bonchev–Trinajstić information content (AvgIpc) is 2.82. The Labute approximate surface area is 82.6 Å². The summed E-state index contributed by atoms with van der Waals surface area (Å²) in [6, 6.07) is 4.40. The summed E-state index contributed by atoms with van der Waals surface area (Å²) in [5.74, 6) is 0.773. The number of hydrogen-bond acceptors (Lipinski definition) is 1. The molecule has 0 amide bonds. The van der Waals surface area contributed by atoms with Crippen molar-refractivity contribution in [3.63, 3.8) is 0 Å². The summed E-state index contributed by atoms with van der Waals surface area (Å²) in [4.78, 5) is 2.83. The minimum Gasteiger partial charge on any atom is -0.144 e. The molecule has 0 aliphatic heterocycles. The summed E-state index contributed by atoms with van der Waals surface area (Å²) < 4.78 is 0. The van der Waals surface area contributed by atoms with Crippen LogP contribution in [0, 0.1) is 5.92 Å². The minimum absolute atomic E-state index is 0.301. The molecule has 0 aromatic carbocycles. The SMILES string of the molecule is CCc1ccc(C(Cl)C2CC2)s1. The van der Waals surface area contributed by atoms with Gasteiger partial charge in [-0.2, -0.15) is 0 Å². The molecule has 0 N–H and O–H groups in total. The van der Waals surface area contributed by atoms with Crippen LogP contribution in [0.1, 0.15) is 34.9 Å². The highest BCUT2D eigenvalue weighted by Crippen LogP contribution is 2.46. The third-order valence-electron chi connectivity index (χ3n) is 2.34. The van der Waals surface area contributed by atoms with Crippen LogP contribution in [0.5, 0.6) is 0 Å². The molecule has 1 aromatic rings. The fourth-order valence-corrected chi connectivity index (χ4v) is 2.84. The zero-order valence-corrected chi connectivity index (χ0v) is 8.79. The van der Waals surface area contributed by atoms with E-state index in [4.69, 9.17) is 11.6 Å². The highest BCUT2D eigenvalue weighted by molar-refractivity contribution is 7.12. The summed E-state index contributed by atoms with van der Waals surface area (Å²) >= 11 is 8.16. The second-order valence-corrected chi connectivity index (χ2v) is 5.07. The standard InChI is InChI=1S/C10H13ClS/c1-2-8-5-6-9(12-8)10(11)7-3-4-7/h5-7,10H,2-4H2,1H3. The molecule has 1 atom stereocenters. The third-order valence-corrected chi connectivity index (χ3v) is 4.37. The predicted octanol–water partition coefficient (Wildman–Crippen LogP) is 4.00. The molecule has 1 heterocycles. The normalized spacial score (nSPS) is 19.5. The van der Waals surface area contributed by atoms with Crippen LogP contribution in [0.3, 0.4) is 0 Å². The van der Waals surface area contributed by atoms with Crippen LogP contribution >= 0.6 is 22.9 Å². The molecule has 1 fully saturated rings. The van der Waals surface area contributed by atoms with Crippen molar-refractivity contribution in [2.24, 2.45) is 5.92 Å². The van der Waals surface area contributed by atoms with Gasteiger partial charge in [-0.1, -0.05) is 6.92 Å². The molecule has 0 saturated heterocycles. The van der Waals surface area contributed by atoms with Gasteiger partial charge < -0.3 is 0 Å². The highest BCUT2D eigenvalue weighted by Gasteiger charge is 2.31. The Balaban J connectivity index is 2.10. The van der Waals surface area contributed by atoms with Crippen LogP contribution in [-0.2, 0) is 6.42 Å². The lowest BCUT2D eigenvalue weighted by Crippen LogP contribution is -1.86. The fourth-order valence-electron chi connectivity index (χ4n) is 1.35. The van der Waals surface area contributed by atoms with Crippen LogP contribution in [0.25, 0.3) is 0 Å². The van der Waals surface area contributed by atoms with E-state index < -0.39 is 0 Å². The van der Waals surface area contributed by atoms with E-state index in [0.29, 0.717) is 5.38 Å². The zero-order chi connectivity index (χ0) is 8.55. The lowest BCUT2D eigenvalue weighted by atomic mass is 10.2. The molecule has 0 bridgehead atoms. The number of alkyl halides is 1. The van der Waals surface area contributed by atoms with Crippen molar-refractivity contribution in [1.82, 2.24) is 0 Å². The van der Waals surface area contributed by atoms with Crippen LogP contribution in [0.2, 0.25) is 0 Å². The Kier molecular flexibility index (Phi) is 2.42. The molecule has 1 aromatic heterocycles. The molecule has 2 heteroatoms. The van der Waals surface area contributed by atoms with Gasteiger partial charge in [-0.15, -0.1) is 22.9 Å². The summed E-state index contributed by atoms with van der Waals surface area (Å²) in [6.45, 7) is 2.19. The number of halogens is 1. The van der Waals surface area contributed by atoms with Crippen molar-refractivity contribution in [2.75, 3.05) is 0 Å². The fraction of sp³-hybridized carbons (Fsp3) is 0.600. The largest absolute Gasteiger partial charge is 0.144 e. The van der Waals surface area contributed by atoms with Gasteiger partial charge in [0.2, 0.25) is 0 Å². The van der Waals surface area contributed by atoms with Gasteiger partial charge in [0.05, 0.1) is 5.38 Å². The van der Waals surface area contributed by atoms with Crippen LogP contribution < -0.4 is 0 Å². The lowest BCUT2D eigenvalue weighted by Gasteiger charge is -2.02. The Bertz CT molecular complexity index is 263. The van der Waals surface area contributed by atoms with E-state index in [1.807, 2.05) is 11.3 Å². The number of hydrogen-bond donors (Lipinski definition) is 0. The number of rotatable bonds is 3. The molecule has 1 aliphatic carbocycles. The maximum Gasteiger partial charge on any atom is 0.0706 e. The first-order valence-corrected chi connectivity index (χ1v) is 5.79. The average molecular weight is 201 g/mol. The monoisotopic (exact) mass is 200 g/mol. The van der Waals surface area contributed by atoms with Crippen molar-refractivity contribution in [1.29, 1.82) is 0 Å². The molecule has 1 unspecified atom stereocenters. The van der Waals surface area contributed by atoms with E-state index in [9.17, 15) is 0 Å². The van der Waals surface area contributed by atoms with Gasteiger partial charge in [0, 0.05) is 9.75 Å². The Morgan fingerprint density at radius 2 is 2.33 bits per heavy atom. The summed E-state index contributed by atoms with van der Waals surface area (Å²) in [5, 5.41) is 0.301. The van der Waals surface area contributed by atoms with Crippen molar-refractivity contribution < 1.29 is 0 Å². The first kappa shape index (κ1) is 8.58. The van der Waals surface area contributed by atoms with E-state index in [0.717, 1.165) is 12.3 Å². The van der Waals surface area contributed by atoms with Gasteiger partial charge in [-0.05, 0) is 37.3 Å². The maximum absolute atomic E-state index is 6.28. The highest BCUT2D eigenvalue weighted by atomic mass is 35.5. The molecule has 1 saturated carbocycles. The van der Waals surface area contributed by atoms with E-state index in [1.54, 1.807) is 0 Å². The maximum atomic E-state index is 6.28. The van der Waals surface area contributed by atoms with Gasteiger partial charge in [-0.25, -0.2) is 0 Å². The van der Waals surface area contributed by atoms with Gasteiger partial charge in [-0.3, -0.25) is 0 Å². The van der Waals surface area contributed by atoms with Crippen molar-refractivity contribution in [3.8, 4) is 0 Å². The third kappa shape index (κ3) is 1.67. The number of thiophene rings is 1. The quantitative estimate of drug-likeness (QED) is 0.647. The van der Waals surface area contributed by atoms with Crippen LogP contribution in [0.4, 0.5) is 0 Å². The Morgan fingerprint density at radius 3 is 2.83 bits per heavy atom. The summed E-state index contributed by atoms with van der Waals surface area (Å²) in [6.07, 6.45) is 3.79. The first-order chi connectivity index (χ1) is 5.81. The molecule has 0 nitrogen and oxygen atoms in total. The molecule has 2 rings (SSSR count). The summed E-state index contributed by atoms with van der Waals surface area (Å²) in [7, 11) is 0. The first-order valence-electron chi connectivity index (χ1n) is 4.54. The van der Waals surface area contributed by atoms with Gasteiger partial charge in [0.25, 0.3) is 0 Å². The Morgan fingerprint density at radius 1 is 1.58 bits per heavy atom. The second kappa shape index (κ2) is 3.39.